The number of fused-ring (bicyclic) bond motifs is 1. The maximum Gasteiger partial charge on any atom is 0.174 e. The van der Waals surface area contributed by atoms with Crippen molar-refractivity contribution < 1.29 is 0 Å². The maximum absolute atomic E-state index is 5.84. The molecule has 15 heavy (non-hydrogen) atoms. The summed E-state index contributed by atoms with van der Waals surface area (Å²) >= 11 is 9.03. The van der Waals surface area contributed by atoms with Gasteiger partial charge >= 0.3 is 0 Å². The second-order valence-corrected chi connectivity index (χ2v) is 6.11. The minimum Gasteiger partial charge on any atom is -0.305 e. The first kappa shape index (κ1) is 11.1. The third kappa shape index (κ3) is 2.80. The van der Waals surface area contributed by atoms with Crippen LogP contribution in [-0.4, -0.2) is 15.4 Å². The molecular weight excluding hydrogens is 250 g/mol. The summed E-state index contributed by atoms with van der Waals surface area (Å²) in [6.45, 7) is 4.26. The lowest BCUT2D eigenvalue weighted by Crippen LogP contribution is -2.17. The molecule has 0 amide bonds. The molecule has 0 saturated heterocycles. The van der Waals surface area contributed by atoms with Crippen LogP contribution in [0.25, 0.3) is 0 Å². The molecule has 1 aliphatic rings. The van der Waals surface area contributed by atoms with Crippen LogP contribution in [0.4, 0.5) is 5.82 Å². The van der Waals surface area contributed by atoms with Crippen molar-refractivity contribution in [2.24, 2.45) is 4.99 Å². The average Bonchev–Trinajstić information content (AvgIpc) is 2.17. The number of rotatable bonds is 1. The van der Waals surface area contributed by atoms with Crippen LogP contribution in [-0.2, 0) is 0 Å². The topological polar surface area (TPSA) is 37.3 Å². The normalized spacial score (nSPS) is 14.5. The summed E-state index contributed by atoms with van der Waals surface area (Å²) in [6, 6.07) is 1.86. The zero-order valence-electron chi connectivity index (χ0n) is 8.32. The first-order valence-electron chi connectivity index (χ1n) is 4.49. The smallest absolute Gasteiger partial charge is 0.174 e. The van der Waals surface area contributed by atoms with Crippen molar-refractivity contribution in [2.45, 2.75) is 24.0 Å². The van der Waals surface area contributed by atoms with Gasteiger partial charge in [0, 0.05) is 11.4 Å². The Hall–Kier alpha value is -0.390. The van der Waals surface area contributed by atoms with Crippen molar-refractivity contribution in [2.75, 3.05) is 0 Å². The van der Waals surface area contributed by atoms with Crippen molar-refractivity contribution >= 4 is 46.3 Å². The van der Waals surface area contributed by atoms with Crippen LogP contribution in [0.3, 0.4) is 0 Å². The third-order valence-corrected chi connectivity index (χ3v) is 3.64. The highest BCUT2D eigenvalue weighted by molar-refractivity contribution is 8.16. The van der Waals surface area contributed by atoms with E-state index in [0.717, 1.165) is 15.9 Å². The highest BCUT2D eigenvalue weighted by Gasteiger charge is 2.14. The predicted molar refractivity (Wildman–Crippen MR) is 68.1 cm³/mol. The van der Waals surface area contributed by atoms with Gasteiger partial charge in [-0.3, -0.25) is 0 Å². The van der Waals surface area contributed by atoms with Crippen LogP contribution in [0.15, 0.2) is 22.2 Å². The lowest BCUT2D eigenvalue weighted by molar-refractivity contribution is 1.12. The molecule has 1 N–H and O–H groups in total. The number of hydrogen-bond donors (Lipinski definition) is 1. The Bertz CT molecular complexity index is 406. The number of amidine groups is 1. The van der Waals surface area contributed by atoms with Gasteiger partial charge in [-0.1, -0.05) is 37.2 Å². The van der Waals surface area contributed by atoms with Gasteiger partial charge in [0.1, 0.15) is 0 Å². The second-order valence-electron chi connectivity index (χ2n) is 3.26. The molecule has 0 radical (unpaired) electrons. The van der Waals surface area contributed by atoms with E-state index in [1.807, 2.05) is 6.07 Å². The largest absolute Gasteiger partial charge is 0.305 e. The number of aromatic nitrogens is 1. The summed E-state index contributed by atoms with van der Waals surface area (Å²) < 4.78 is 3.16. The number of nitrogens with one attached hydrogen (secondary N) is 1. The van der Waals surface area contributed by atoms with Gasteiger partial charge < -0.3 is 4.72 Å². The van der Waals surface area contributed by atoms with Gasteiger partial charge in [-0.2, -0.15) is 0 Å². The number of hydrogen-bond acceptors (Lipinski definition) is 5. The molecule has 0 unspecified atom stereocenters. The Morgan fingerprint density at radius 2 is 2.33 bits per heavy atom. The van der Waals surface area contributed by atoms with Gasteiger partial charge in [0.15, 0.2) is 11.0 Å². The summed E-state index contributed by atoms with van der Waals surface area (Å²) in [6.07, 6.45) is 1.62. The monoisotopic (exact) mass is 259 g/mol. The molecule has 2 rings (SSSR count). The van der Waals surface area contributed by atoms with Gasteiger partial charge in [-0.05, 0) is 18.0 Å². The van der Waals surface area contributed by atoms with E-state index in [9.17, 15) is 0 Å². The van der Waals surface area contributed by atoms with E-state index in [4.69, 9.17) is 11.6 Å². The zero-order valence-corrected chi connectivity index (χ0v) is 10.7. The summed E-state index contributed by atoms with van der Waals surface area (Å²) in [4.78, 5) is 9.56. The molecule has 6 heteroatoms. The lowest BCUT2D eigenvalue weighted by atomic mass is 10.4. The molecule has 3 nitrogen and oxygen atoms in total. The van der Waals surface area contributed by atoms with Gasteiger partial charge in [0.25, 0.3) is 0 Å². The zero-order chi connectivity index (χ0) is 10.8. The van der Waals surface area contributed by atoms with Gasteiger partial charge in [-0.15, -0.1) is 0 Å². The number of halogens is 1. The Morgan fingerprint density at radius 3 is 3.07 bits per heavy atom. The molecule has 2 heterocycles. The van der Waals surface area contributed by atoms with Gasteiger partial charge in [0.2, 0.25) is 0 Å². The van der Waals surface area contributed by atoms with Crippen LogP contribution >= 0.6 is 35.3 Å². The van der Waals surface area contributed by atoms with E-state index in [0.29, 0.717) is 10.3 Å². The van der Waals surface area contributed by atoms with Crippen LogP contribution in [0.2, 0.25) is 5.02 Å². The van der Waals surface area contributed by atoms with Crippen molar-refractivity contribution in [3.05, 3.63) is 17.3 Å². The molecule has 0 atom stereocenters. The maximum atomic E-state index is 5.84. The van der Waals surface area contributed by atoms with Crippen molar-refractivity contribution in [1.82, 2.24) is 9.71 Å². The molecule has 0 aliphatic carbocycles. The third-order valence-electron chi connectivity index (χ3n) is 1.60. The minimum absolute atomic E-state index is 0.505. The molecule has 0 aromatic carbocycles. The van der Waals surface area contributed by atoms with E-state index in [2.05, 4.69) is 28.5 Å². The summed E-state index contributed by atoms with van der Waals surface area (Å²) in [5.74, 6) is 0.742. The lowest BCUT2D eigenvalue weighted by Gasteiger charge is -2.16. The average molecular weight is 260 g/mol. The Morgan fingerprint density at radius 1 is 1.53 bits per heavy atom. The van der Waals surface area contributed by atoms with Crippen molar-refractivity contribution in [3.8, 4) is 0 Å². The molecular formula is C9H10ClN3S2. The van der Waals surface area contributed by atoms with E-state index in [1.165, 1.54) is 11.9 Å². The van der Waals surface area contributed by atoms with E-state index in [-0.39, 0.29) is 0 Å². The molecule has 0 saturated carbocycles. The van der Waals surface area contributed by atoms with Crippen LogP contribution in [0, 0.1) is 0 Å². The van der Waals surface area contributed by atoms with Crippen LogP contribution < -0.4 is 4.72 Å². The van der Waals surface area contributed by atoms with E-state index < -0.39 is 0 Å². The summed E-state index contributed by atoms with van der Waals surface area (Å²) in [5.41, 5.74) is 0. The van der Waals surface area contributed by atoms with E-state index >= 15 is 0 Å². The first-order valence-corrected chi connectivity index (χ1v) is 6.56. The van der Waals surface area contributed by atoms with Gasteiger partial charge in [-0.25, -0.2) is 9.98 Å². The molecule has 1 aliphatic heterocycles. The van der Waals surface area contributed by atoms with Crippen LogP contribution in [0.1, 0.15) is 13.8 Å². The predicted octanol–water partition coefficient (Wildman–Crippen LogP) is 3.47. The highest BCUT2D eigenvalue weighted by Crippen LogP contribution is 2.33. The number of pyridine rings is 1. The fourth-order valence-electron chi connectivity index (χ4n) is 1.06. The standard InChI is InChI=1S/C9H10ClN3S2/c1-5(2)14-9-12-8-7(15-13-9)3-6(10)4-11-8/h3-5H,1-2H3,(H,11,12,13). The highest BCUT2D eigenvalue weighted by atomic mass is 35.5. The second kappa shape index (κ2) is 4.63. The molecule has 0 bridgehead atoms. The van der Waals surface area contributed by atoms with Crippen LogP contribution in [0.5, 0.6) is 0 Å². The molecule has 1 aromatic heterocycles. The van der Waals surface area contributed by atoms with Gasteiger partial charge in [0.05, 0.1) is 9.92 Å². The Balaban J connectivity index is 2.25. The molecule has 0 spiro atoms. The molecule has 0 fully saturated rings. The Kier molecular flexibility index (Phi) is 3.43. The number of nitrogens with zero attached hydrogens (tertiary/aromatic N) is 2. The fourth-order valence-corrected chi connectivity index (χ4v) is 2.81. The number of thioether (sulfide) groups is 1. The molecule has 1 aromatic rings. The summed E-state index contributed by atoms with van der Waals surface area (Å²) in [5, 5.41) is 2.04. The Labute approximate surface area is 102 Å². The quantitative estimate of drug-likeness (QED) is 0.784. The summed E-state index contributed by atoms with van der Waals surface area (Å²) in [7, 11) is 0. The fraction of sp³-hybridized carbons (Fsp3) is 0.333. The number of aliphatic imine (C=N–C) groups is 1. The minimum atomic E-state index is 0.505. The van der Waals surface area contributed by atoms with Crippen molar-refractivity contribution in [3.63, 3.8) is 0 Å². The molecule has 80 valence electrons. The first-order chi connectivity index (χ1) is 7.15. The van der Waals surface area contributed by atoms with Crippen molar-refractivity contribution in [1.29, 1.82) is 0 Å². The SMILES string of the molecule is CC(C)SC1=Nc2ncc(Cl)cc2SN1. The van der Waals surface area contributed by atoms with E-state index in [1.54, 1.807) is 18.0 Å².